The van der Waals surface area contributed by atoms with Crippen LogP contribution >= 0.6 is 0 Å². The Kier molecular flexibility index (Phi) is 18.5. The number of hydrogen-bond donors (Lipinski definition) is 4. The number of methoxy groups -OCH3 is 2. The molecule has 0 saturated carbocycles. The molecule has 0 aromatic heterocycles. The van der Waals surface area contributed by atoms with Crippen LogP contribution in [0.25, 0.3) is 0 Å². The molecule has 0 radical (unpaired) electrons. The Morgan fingerprint density at radius 3 is 2.22 bits per heavy atom. The maximum absolute atomic E-state index is 15.1. The Balaban J connectivity index is 1.59. The van der Waals surface area contributed by atoms with Gasteiger partial charge in [0.05, 0.1) is 48.0 Å². The highest BCUT2D eigenvalue weighted by atomic mass is 16.7. The third-order valence-corrected chi connectivity index (χ3v) is 15.4. The first kappa shape index (κ1) is 55.4. The number of esters is 2. The summed E-state index contributed by atoms with van der Waals surface area (Å²) in [5.41, 5.74) is 2.49. The Bertz CT molecular complexity index is 1870. The number of hydrogen-bond acceptors (Lipinski definition) is 18. The summed E-state index contributed by atoms with van der Waals surface area (Å²) in [5, 5.41) is 30.0. The van der Waals surface area contributed by atoms with Crippen LogP contribution in [0.5, 0.6) is 0 Å². The standard InChI is InChI=1S/C49H80N4O15/c1-15-33-49(10)37(36(45(59)67-49)43(50)52-68-34(54)20-19-31-18-16-17-21-51-31)27(4)38(55)25(2)23-48(9,61-14)42(66-46-39(56)32(53(11)12)22-26(3)62-46)28(5)40(29(6)44(58)64-33)65-35-24-47(8,60-13)41(57)30(7)63-35/h16-18,21,25-33,35-37,39-42,46,51,56-57H,15,19-20,22-24H2,1-14H3,(H2,50,52)/t25-,26?,27-,28+,29-,30?,31?,32?,33-,35?,36?,37?,39?,40+,41?,42-,46?,47?,48+,49-/m1/s1. The zero-order valence-electron chi connectivity index (χ0n) is 42.5. The van der Waals surface area contributed by atoms with Gasteiger partial charge in [-0.1, -0.05) is 45.0 Å². The van der Waals surface area contributed by atoms with E-state index in [-0.39, 0.29) is 55.5 Å². The molecule has 0 amide bonds. The molecule has 0 aromatic carbocycles. The Morgan fingerprint density at radius 2 is 1.62 bits per heavy atom. The number of rotatable bonds is 13. The number of likely N-dealkylation sites (N-methyl/N-ethyl adjacent to an activating group) is 1. The van der Waals surface area contributed by atoms with Crippen molar-refractivity contribution in [1.29, 1.82) is 0 Å². The van der Waals surface area contributed by atoms with Crippen LogP contribution < -0.4 is 11.1 Å². The maximum atomic E-state index is 15.1. The fraction of sp³-hybridized carbons (Fsp3) is 0.816. The van der Waals surface area contributed by atoms with Crippen LogP contribution in [0.15, 0.2) is 29.6 Å². The fourth-order valence-corrected chi connectivity index (χ4v) is 11.2. The summed E-state index contributed by atoms with van der Waals surface area (Å²) in [5.74, 6) is -8.94. The molecule has 5 N–H and O–H groups in total. The van der Waals surface area contributed by atoms with Crippen molar-refractivity contribution in [2.75, 3.05) is 28.3 Å². The van der Waals surface area contributed by atoms with E-state index >= 15 is 4.79 Å². The van der Waals surface area contributed by atoms with Crippen LogP contribution in [0.2, 0.25) is 0 Å². The Hall–Kier alpha value is -3.53. The number of nitrogens with two attached hydrogens (primary N) is 1. The zero-order chi connectivity index (χ0) is 50.6. The first-order valence-corrected chi connectivity index (χ1v) is 24.2. The number of aliphatic hydroxyl groups is 2. The number of cyclic esters (lactones) is 1. The van der Waals surface area contributed by atoms with Crippen molar-refractivity contribution in [1.82, 2.24) is 10.2 Å². The summed E-state index contributed by atoms with van der Waals surface area (Å²) < 4.78 is 51.2. The second-order valence-electron chi connectivity index (χ2n) is 20.6. The lowest BCUT2D eigenvalue weighted by atomic mass is 9.67. The molecule has 0 aromatic rings. The zero-order valence-corrected chi connectivity index (χ0v) is 42.5. The molecule has 386 valence electrons. The van der Waals surface area contributed by atoms with Gasteiger partial charge >= 0.3 is 17.9 Å². The number of amidine groups is 1. The topological polar surface area (TPSA) is 245 Å². The number of carbonyl (C=O) groups excluding carboxylic acids is 4. The van der Waals surface area contributed by atoms with Crippen LogP contribution in [-0.4, -0.2) is 157 Å². The van der Waals surface area contributed by atoms with Crippen LogP contribution in [-0.2, 0) is 61.9 Å². The molecule has 68 heavy (non-hydrogen) atoms. The predicted octanol–water partition coefficient (Wildman–Crippen LogP) is 3.51. The second-order valence-corrected chi connectivity index (χ2v) is 20.6. The SMILES string of the molecule is CC[C@H]1OC(=O)[C@H](C)[C@@H](OC2CC(C)(OC)C(O)C(C)O2)[C@H](C)[C@@H](OC2OC(C)CC(N(C)C)C2O)[C@@](C)(OC)C[C@@H](C)C(=O)[C@H](C)C2C(/C(N)=N\OC(=O)CCC3C=CC=CN3)C(=O)O[C@@]21C. The minimum atomic E-state index is -1.63. The van der Waals surface area contributed by atoms with Gasteiger partial charge in [0, 0.05) is 56.4 Å². The predicted molar refractivity (Wildman–Crippen MR) is 248 cm³/mol. The monoisotopic (exact) mass is 965 g/mol. The molecule has 5 aliphatic rings. The molecule has 11 unspecified atom stereocenters. The molecule has 5 aliphatic heterocycles. The van der Waals surface area contributed by atoms with Crippen LogP contribution in [0.4, 0.5) is 0 Å². The van der Waals surface area contributed by atoms with Gasteiger partial charge in [0.1, 0.15) is 30.0 Å². The average molecular weight is 965 g/mol. The van der Waals surface area contributed by atoms with Crippen molar-refractivity contribution < 1.29 is 72.1 Å². The first-order valence-electron chi connectivity index (χ1n) is 24.2. The van der Waals surface area contributed by atoms with E-state index in [1.807, 2.05) is 51.1 Å². The average Bonchev–Trinajstić information content (AvgIpc) is 3.58. The van der Waals surface area contributed by atoms with Crippen molar-refractivity contribution in [2.24, 2.45) is 46.4 Å². The van der Waals surface area contributed by atoms with Crippen LogP contribution in [0.1, 0.15) is 108 Å². The van der Waals surface area contributed by atoms with Crippen molar-refractivity contribution >= 4 is 29.5 Å². The van der Waals surface area contributed by atoms with Gasteiger partial charge in [-0.15, -0.1) is 0 Å². The van der Waals surface area contributed by atoms with Crippen LogP contribution in [0, 0.1) is 35.5 Å². The van der Waals surface area contributed by atoms with E-state index in [1.54, 1.807) is 61.6 Å². The van der Waals surface area contributed by atoms with Crippen molar-refractivity contribution in [3.8, 4) is 0 Å². The third kappa shape index (κ3) is 11.8. The van der Waals surface area contributed by atoms with Gasteiger partial charge in [-0.25, -0.2) is 4.79 Å². The summed E-state index contributed by atoms with van der Waals surface area (Å²) in [6.45, 7) is 17.5. The maximum Gasteiger partial charge on any atom is 0.335 e. The number of allylic oxidation sites excluding steroid dienone is 2. The number of ketones is 1. The summed E-state index contributed by atoms with van der Waals surface area (Å²) >= 11 is 0. The van der Waals surface area contributed by atoms with Gasteiger partial charge in [-0.3, -0.25) is 14.4 Å². The fourth-order valence-electron chi connectivity index (χ4n) is 11.2. The Morgan fingerprint density at radius 1 is 0.941 bits per heavy atom. The number of carbonyl (C=O) groups is 4. The van der Waals surface area contributed by atoms with E-state index in [1.165, 1.54) is 14.2 Å². The summed E-state index contributed by atoms with van der Waals surface area (Å²) in [6, 6.07) is -0.417. The van der Waals surface area contributed by atoms with Crippen molar-refractivity contribution in [3.63, 3.8) is 0 Å². The summed E-state index contributed by atoms with van der Waals surface area (Å²) in [4.78, 5) is 64.1. The molecule has 0 bridgehead atoms. The molecular formula is C49H80N4O15. The second kappa shape index (κ2) is 22.7. The van der Waals surface area contributed by atoms with Crippen molar-refractivity contribution in [3.05, 3.63) is 24.4 Å². The molecule has 5 heterocycles. The lowest BCUT2D eigenvalue weighted by molar-refractivity contribution is -0.319. The molecular weight excluding hydrogens is 885 g/mol. The number of aliphatic hydroxyl groups excluding tert-OH is 2. The lowest BCUT2D eigenvalue weighted by Gasteiger charge is -2.50. The number of oxime groups is 1. The number of Topliss-reactive ketones (excluding diaryl/α,β-unsaturated/α-hetero) is 1. The largest absolute Gasteiger partial charge is 0.458 e. The van der Waals surface area contributed by atoms with E-state index in [4.69, 9.17) is 48.5 Å². The highest BCUT2D eigenvalue weighted by molar-refractivity contribution is 6.03. The quantitative estimate of drug-likeness (QED) is 0.0678. The van der Waals surface area contributed by atoms with Gasteiger partial charge in [0.25, 0.3) is 0 Å². The molecule has 0 aliphatic carbocycles. The van der Waals surface area contributed by atoms with E-state index in [2.05, 4.69) is 10.5 Å². The van der Waals surface area contributed by atoms with E-state index < -0.39 is 119 Å². The molecule has 4 fully saturated rings. The summed E-state index contributed by atoms with van der Waals surface area (Å²) in [6.07, 6.45) is 0.0712. The Labute approximate surface area is 402 Å². The minimum absolute atomic E-state index is 0.00568. The van der Waals surface area contributed by atoms with Gasteiger partial charge in [0.15, 0.2) is 24.0 Å². The highest BCUT2D eigenvalue weighted by Gasteiger charge is 2.63. The number of fused-ring (bicyclic) bond motifs is 1. The summed E-state index contributed by atoms with van der Waals surface area (Å²) in [7, 11) is 6.74. The van der Waals surface area contributed by atoms with Gasteiger partial charge in [-0.2, -0.15) is 0 Å². The number of dihydropyridines is 1. The van der Waals surface area contributed by atoms with Crippen LogP contribution in [0.3, 0.4) is 0 Å². The molecule has 19 heteroatoms. The van der Waals surface area contributed by atoms with Gasteiger partial charge < -0.3 is 68.9 Å². The molecule has 4 saturated heterocycles. The number of nitrogens with zero attached hydrogens (tertiary/aromatic N) is 2. The minimum Gasteiger partial charge on any atom is -0.458 e. The molecule has 19 nitrogen and oxygen atoms in total. The van der Waals surface area contributed by atoms with Gasteiger partial charge in [-0.05, 0) is 93.6 Å². The molecule has 5 rings (SSSR count). The lowest BCUT2D eigenvalue weighted by Crippen LogP contribution is -2.61. The van der Waals surface area contributed by atoms with E-state index in [0.717, 1.165) is 0 Å². The smallest absolute Gasteiger partial charge is 0.335 e. The van der Waals surface area contributed by atoms with Crippen molar-refractivity contribution in [2.45, 2.75) is 192 Å². The first-order chi connectivity index (χ1) is 31.9. The molecule has 0 spiro atoms. The number of ether oxygens (including phenoxy) is 8. The van der Waals surface area contributed by atoms with E-state index in [9.17, 15) is 24.6 Å². The molecule has 20 atom stereocenters. The normalized spacial score (nSPS) is 44.1. The van der Waals surface area contributed by atoms with E-state index in [0.29, 0.717) is 12.8 Å². The van der Waals surface area contributed by atoms with Gasteiger partial charge in [0.2, 0.25) is 0 Å². The highest BCUT2D eigenvalue weighted by Crippen LogP contribution is 2.49. The third-order valence-electron chi connectivity index (χ3n) is 15.4. The number of nitrogens with one attached hydrogen (secondary N) is 1.